The summed E-state index contributed by atoms with van der Waals surface area (Å²) in [7, 11) is 1.62. The molecule has 0 spiro atoms. The van der Waals surface area contributed by atoms with Gasteiger partial charge >= 0.3 is 0 Å². The van der Waals surface area contributed by atoms with Gasteiger partial charge in [-0.3, -0.25) is 14.5 Å². The van der Waals surface area contributed by atoms with Crippen LogP contribution in [-0.2, 0) is 22.4 Å². The Hall–Kier alpha value is -3.86. The van der Waals surface area contributed by atoms with Gasteiger partial charge in [0.25, 0.3) is 5.91 Å². The van der Waals surface area contributed by atoms with Crippen LogP contribution in [0.15, 0.2) is 78.4 Å². The van der Waals surface area contributed by atoms with Crippen molar-refractivity contribution in [2.45, 2.75) is 44.8 Å². The van der Waals surface area contributed by atoms with Crippen molar-refractivity contribution in [3.05, 3.63) is 101 Å². The third-order valence-corrected chi connectivity index (χ3v) is 6.83. The van der Waals surface area contributed by atoms with Crippen LogP contribution in [-0.4, -0.2) is 29.9 Å². The summed E-state index contributed by atoms with van der Waals surface area (Å²) in [5.41, 5.74) is 4.95. The highest BCUT2D eigenvalue weighted by molar-refractivity contribution is 6.07. The summed E-state index contributed by atoms with van der Waals surface area (Å²) in [5, 5.41) is 0. The molecule has 1 fully saturated rings. The fourth-order valence-corrected chi connectivity index (χ4v) is 5.09. The van der Waals surface area contributed by atoms with Gasteiger partial charge in [0.15, 0.2) is 11.5 Å². The summed E-state index contributed by atoms with van der Waals surface area (Å²) in [6, 6.07) is 23.6. The number of carbonyl (C=O) groups is 2. The maximum absolute atomic E-state index is 13.3. The molecule has 1 atom stereocenters. The third kappa shape index (κ3) is 4.72. The molecule has 0 N–H and O–H groups in total. The van der Waals surface area contributed by atoms with Crippen LogP contribution in [0.1, 0.15) is 48.1 Å². The van der Waals surface area contributed by atoms with Gasteiger partial charge in [-0.1, -0.05) is 60.7 Å². The van der Waals surface area contributed by atoms with Crippen LogP contribution in [0.3, 0.4) is 0 Å². The molecule has 0 aromatic heterocycles. The van der Waals surface area contributed by atoms with Crippen LogP contribution in [0.25, 0.3) is 6.08 Å². The first-order valence-corrected chi connectivity index (χ1v) is 12.0. The minimum atomic E-state index is -0.258. The predicted molar refractivity (Wildman–Crippen MR) is 135 cm³/mol. The van der Waals surface area contributed by atoms with Crippen LogP contribution in [0.2, 0.25) is 0 Å². The standard InChI is InChI=1S/C30H29NO4/c1-20(30(33)31-26(13-15-29(31)32)22-8-4-3-5-9-22)16-21-12-14-27(34-2)28(17-21)35-25-18-23-10-6-7-11-24(23)19-25/h3-12,14,16-17,25-26H,13,15,18-19H2,1-2H3/t26-/m0/s1. The summed E-state index contributed by atoms with van der Waals surface area (Å²) in [4.78, 5) is 27.4. The number of nitrogens with zero attached hydrogens (tertiary/aromatic N) is 1. The van der Waals surface area contributed by atoms with Gasteiger partial charge < -0.3 is 9.47 Å². The summed E-state index contributed by atoms with van der Waals surface area (Å²) in [6.07, 6.45) is 4.59. The zero-order chi connectivity index (χ0) is 24.4. The maximum atomic E-state index is 13.3. The Bertz CT molecular complexity index is 1260. The van der Waals surface area contributed by atoms with Crippen molar-refractivity contribution in [3.63, 3.8) is 0 Å². The molecule has 0 saturated carbocycles. The molecule has 0 radical (unpaired) electrons. The van der Waals surface area contributed by atoms with Gasteiger partial charge in [-0.15, -0.1) is 0 Å². The summed E-state index contributed by atoms with van der Waals surface area (Å²) in [6.45, 7) is 1.76. The first-order chi connectivity index (χ1) is 17.0. The minimum Gasteiger partial charge on any atom is -0.493 e. The highest BCUT2D eigenvalue weighted by Gasteiger charge is 2.37. The quantitative estimate of drug-likeness (QED) is 0.447. The molecule has 2 aliphatic rings. The van der Waals surface area contributed by atoms with E-state index >= 15 is 0 Å². The number of carbonyl (C=O) groups excluding carboxylic acids is 2. The smallest absolute Gasteiger partial charge is 0.256 e. The van der Waals surface area contributed by atoms with Crippen LogP contribution < -0.4 is 9.47 Å². The normalized spacial score (nSPS) is 18.0. The summed E-state index contributed by atoms with van der Waals surface area (Å²) in [5.74, 6) is 0.918. The van der Waals surface area contributed by atoms with Crippen LogP contribution in [0.5, 0.6) is 11.5 Å². The second-order valence-electron chi connectivity index (χ2n) is 9.19. The van der Waals surface area contributed by atoms with Crippen molar-refractivity contribution in [2.75, 3.05) is 7.11 Å². The van der Waals surface area contributed by atoms with E-state index in [1.54, 1.807) is 14.0 Å². The van der Waals surface area contributed by atoms with Crippen molar-refractivity contribution in [1.29, 1.82) is 0 Å². The Morgan fingerprint density at radius 1 is 0.943 bits per heavy atom. The van der Waals surface area contributed by atoms with Crippen molar-refractivity contribution < 1.29 is 19.1 Å². The maximum Gasteiger partial charge on any atom is 0.256 e. The van der Waals surface area contributed by atoms with E-state index < -0.39 is 0 Å². The zero-order valence-electron chi connectivity index (χ0n) is 20.1. The molecule has 178 valence electrons. The molecule has 1 aliphatic heterocycles. The highest BCUT2D eigenvalue weighted by Crippen LogP contribution is 2.35. The van der Waals surface area contributed by atoms with Crippen LogP contribution >= 0.6 is 0 Å². The van der Waals surface area contributed by atoms with Gasteiger partial charge in [0.1, 0.15) is 6.10 Å². The van der Waals surface area contributed by atoms with Crippen molar-refractivity contribution in [3.8, 4) is 11.5 Å². The van der Waals surface area contributed by atoms with Crippen molar-refractivity contribution in [1.82, 2.24) is 4.90 Å². The Morgan fingerprint density at radius 3 is 2.31 bits per heavy atom. The first kappa shape index (κ1) is 22.9. The largest absolute Gasteiger partial charge is 0.493 e. The van der Waals surface area contributed by atoms with Gasteiger partial charge in [0.2, 0.25) is 5.91 Å². The summed E-state index contributed by atoms with van der Waals surface area (Å²) >= 11 is 0. The van der Waals surface area contributed by atoms with Gasteiger partial charge in [-0.25, -0.2) is 0 Å². The molecular formula is C30H29NO4. The number of hydrogen-bond donors (Lipinski definition) is 0. The third-order valence-electron chi connectivity index (χ3n) is 6.83. The zero-order valence-corrected chi connectivity index (χ0v) is 20.1. The van der Waals surface area contributed by atoms with Crippen molar-refractivity contribution >= 4 is 17.9 Å². The average Bonchev–Trinajstić information content (AvgIpc) is 3.47. The van der Waals surface area contributed by atoms with Gasteiger partial charge in [-0.2, -0.15) is 0 Å². The van der Waals surface area contributed by atoms with Crippen molar-refractivity contribution in [2.24, 2.45) is 0 Å². The Labute approximate surface area is 206 Å². The lowest BCUT2D eigenvalue weighted by Crippen LogP contribution is -2.34. The molecule has 5 heteroatoms. The lowest BCUT2D eigenvalue weighted by atomic mass is 10.0. The minimum absolute atomic E-state index is 0.0390. The molecule has 0 bridgehead atoms. The topological polar surface area (TPSA) is 55.8 Å². The Balaban J connectivity index is 1.36. The van der Waals surface area contributed by atoms with E-state index in [4.69, 9.17) is 9.47 Å². The fraction of sp³-hybridized carbons (Fsp3) is 0.267. The molecule has 1 aliphatic carbocycles. The SMILES string of the molecule is COc1ccc(C=C(C)C(=O)N2C(=O)CC[C@H]2c2ccccc2)cc1OC1Cc2ccccc2C1. The number of methoxy groups -OCH3 is 1. The number of fused-ring (bicyclic) bond motifs is 1. The first-order valence-electron chi connectivity index (χ1n) is 12.0. The highest BCUT2D eigenvalue weighted by atomic mass is 16.5. The number of benzene rings is 3. The molecule has 5 nitrogen and oxygen atoms in total. The van der Waals surface area contributed by atoms with Gasteiger partial charge in [0.05, 0.1) is 13.2 Å². The van der Waals surface area contributed by atoms with Gasteiger partial charge in [0, 0.05) is 24.8 Å². The molecule has 1 saturated heterocycles. The Morgan fingerprint density at radius 2 is 1.63 bits per heavy atom. The molecule has 5 rings (SSSR count). The van der Waals surface area contributed by atoms with E-state index in [0.29, 0.717) is 29.9 Å². The molecule has 2 amide bonds. The average molecular weight is 468 g/mol. The molecule has 3 aromatic carbocycles. The molecule has 1 heterocycles. The summed E-state index contributed by atoms with van der Waals surface area (Å²) < 4.78 is 11.9. The second kappa shape index (κ2) is 9.79. The van der Waals surface area contributed by atoms with E-state index in [2.05, 4.69) is 24.3 Å². The number of likely N-dealkylation sites (tertiary alicyclic amines) is 1. The molecule has 3 aromatic rings. The molecule has 35 heavy (non-hydrogen) atoms. The molecule has 0 unspecified atom stereocenters. The number of amides is 2. The number of imide groups is 1. The molecular weight excluding hydrogens is 438 g/mol. The van der Waals surface area contributed by atoms with E-state index in [1.165, 1.54) is 16.0 Å². The number of rotatable bonds is 6. The van der Waals surface area contributed by atoms with E-state index in [-0.39, 0.29) is 24.0 Å². The Kier molecular flexibility index (Phi) is 6.41. The fourth-order valence-electron chi connectivity index (χ4n) is 5.09. The lowest BCUT2D eigenvalue weighted by molar-refractivity contribution is -0.141. The number of ether oxygens (including phenoxy) is 2. The van der Waals surface area contributed by atoms with E-state index in [1.807, 2.05) is 54.6 Å². The van der Waals surface area contributed by atoms with E-state index in [0.717, 1.165) is 24.0 Å². The second-order valence-corrected chi connectivity index (χ2v) is 9.19. The van der Waals surface area contributed by atoms with E-state index in [9.17, 15) is 9.59 Å². The van der Waals surface area contributed by atoms with Gasteiger partial charge in [-0.05, 0) is 53.8 Å². The lowest BCUT2D eigenvalue weighted by Gasteiger charge is -2.23. The number of hydrogen-bond acceptors (Lipinski definition) is 4. The van der Waals surface area contributed by atoms with Crippen LogP contribution in [0.4, 0.5) is 0 Å². The van der Waals surface area contributed by atoms with Crippen LogP contribution in [0, 0.1) is 0 Å². The monoisotopic (exact) mass is 467 g/mol. The predicted octanol–water partition coefficient (Wildman–Crippen LogP) is 5.54.